The minimum absolute atomic E-state index is 0.0391. The van der Waals surface area contributed by atoms with Gasteiger partial charge < -0.3 is 10.6 Å². The van der Waals surface area contributed by atoms with Crippen molar-refractivity contribution in [1.82, 2.24) is 20.3 Å². The summed E-state index contributed by atoms with van der Waals surface area (Å²) in [5.41, 5.74) is 1.24. The van der Waals surface area contributed by atoms with E-state index in [-0.39, 0.29) is 18.5 Å². The zero-order valence-electron chi connectivity index (χ0n) is 12.0. The Morgan fingerprint density at radius 1 is 1.48 bits per heavy atom. The number of hydrogen-bond donors (Lipinski definition) is 2. The summed E-state index contributed by atoms with van der Waals surface area (Å²) >= 11 is 0. The number of amides is 1. The molecule has 1 amide bonds. The van der Waals surface area contributed by atoms with E-state index in [1.807, 2.05) is 14.0 Å². The molecule has 2 rings (SSSR count). The highest BCUT2D eigenvalue weighted by Crippen LogP contribution is 2.09. The number of aromatic nitrogens is 3. The molecular formula is C14H18FN5O. The fraction of sp³-hybridized carbons (Fsp3) is 0.357. The van der Waals surface area contributed by atoms with E-state index < -0.39 is 5.82 Å². The van der Waals surface area contributed by atoms with Crippen molar-refractivity contribution in [3.05, 3.63) is 42.0 Å². The van der Waals surface area contributed by atoms with Crippen LogP contribution in [0.15, 0.2) is 30.5 Å². The Hall–Kier alpha value is -2.28. The van der Waals surface area contributed by atoms with Crippen molar-refractivity contribution < 1.29 is 9.18 Å². The number of halogens is 1. The van der Waals surface area contributed by atoms with Crippen LogP contribution in [0, 0.1) is 5.82 Å². The molecule has 2 aromatic rings. The Balaban J connectivity index is 1.91. The number of hydrogen-bond acceptors (Lipinski definition) is 4. The summed E-state index contributed by atoms with van der Waals surface area (Å²) in [5.74, 6) is -0.671. The van der Waals surface area contributed by atoms with Gasteiger partial charge >= 0.3 is 0 Å². The lowest BCUT2D eigenvalue weighted by Crippen LogP contribution is -2.23. The van der Waals surface area contributed by atoms with Gasteiger partial charge in [0, 0.05) is 24.3 Å². The average Bonchev–Trinajstić information content (AvgIpc) is 2.85. The van der Waals surface area contributed by atoms with Crippen molar-refractivity contribution in [3.8, 4) is 0 Å². The number of rotatable bonds is 6. The molecule has 0 saturated heterocycles. The second kappa shape index (κ2) is 6.94. The van der Waals surface area contributed by atoms with E-state index in [1.165, 1.54) is 22.9 Å². The zero-order chi connectivity index (χ0) is 15.2. The topological polar surface area (TPSA) is 71.8 Å². The number of carbonyl (C=O) groups excluding carboxylic acids is 1. The van der Waals surface area contributed by atoms with Crippen molar-refractivity contribution >= 4 is 11.6 Å². The number of likely N-dealkylation sites (N-methyl/N-ethyl adjacent to an activating group) is 1. The maximum atomic E-state index is 13.0. The van der Waals surface area contributed by atoms with E-state index >= 15 is 0 Å². The van der Waals surface area contributed by atoms with E-state index in [2.05, 4.69) is 20.9 Å². The molecule has 1 aromatic heterocycles. The number of anilines is 1. The van der Waals surface area contributed by atoms with Crippen molar-refractivity contribution in [2.45, 2.75) is 25.9 Å². The van der Waals surface area contributed by atoms with Crippen molar-refractivity contribution in [2.75, 3.05) is 12.4 Å². The van der Waals surface area contributed by atoms with E-state index in [1.54, 1.807) is 12.3 Å². The predicted molar refractivity (Wildman–Crippen MR) is 77.3 cm³/mol. The van der Waals surface area contributed by atoms with Gasteiger partial charge in [-0.3, -0.25) is 4.79 Å². The maximum absolute atomic E-state index is 13.0. The first-order chi connectivity index (χ1) is 10.1. The van der Waals surface area contributed by atoms with Crippen molar-refractivity contribution in [1.29, 1.82) is 0 Å². The lowest BCUT2D eigenvalue weighted by Gasteiger charge is -2.06. The van der Waals surface area contributed by atoms with Gasteiger partial charge in [-0.1, -0.05) is 11.3 Å². The summed E-state index contributed by atoms with van der Waals surface area (Å²) in [4.78, 5) is 11.8. The first-order valence-corrected chi connectivity index (χ1v) is 6.68. The standard InChI is InChI=1S/C14H18FN5O/c1-10(16-2)6-13-8-20(19-18-13)9-14(21)17-12-5-3-4-11(15)7-12/h3-5,7-8,10,16H,6,9H2,1-2H3,(H,17,21). The molecule has 0 aliphatic carbocycles. The lowest BCUT2D eigenvalue weighted by molar-refractivity contribution is -0.116. The van der Waals surface area contributed by atoms with Crippen LogP contribution >= 0.6 is 0 Å². The lowest BCUT2D eigenvalue weighted by atomic mass is 10.2. The van der Waals surface area contributed by atoms with Crippen LogP contribution in [-0.4, -0.2) is 34.0 Å². The molecule has 0 aliphatic heterocycles. The fourth-order valence-electron chi connectivity index (χ4n) is 1.84. The highest BCUT2D eigenvalue weighted by atomic mass is 19.1. The summed E-state index contributed by atoms with van der Waals surface area (Å²) in [7, 11) is 1.88. The predicted octanol–water partition coefficient (Wildman–Crippen LogP) is 1.21. The highest BCUT2D eigenvalue weighted by molar-refractivity contribution is 5.90. The van der Waals surface area contributed by atoms with Crippen molar-refractivity contribution in [3.63, 3.8) is 0 Å². The van der Waals surface area contributed by atoms with Crippen LogP contribution in [-0.2, 0) is 17.8 Å². The first-order valence-electron chi connectivity index (χ1n) is 6.68. The van der Waals surface area contributed by atoms with Gasteiger partial charge in [-0.05, 0) is 32.2 Å². The maximum Gasteiger partial charge on any atom is 0.246 e. The minimum Gasteiger partial charge on any atom is -0.324 e. The summed E-state index contributed by atoms with van der Waals surface area (Å²) in [5, 5.41) is 13.6. The molecule has 112 valence electrons. The SMILES string of the molecule is CNC(C)Cc1cn(CC(=O)Nc2cccc(F)c2)nn1. The van der Waals surface area contributed by atoms with E-state index in [0.717, 1.165) is 12.1 Å². The van der Waals surface area contributed by atoms with Gasteiger partial charge in [0.15, 0.2) is 0 Å². The number of nitrogens with one attached hydrogen (secondary N) is 2. The Kier molecular flexibility index (Phi) is 4.99. The van der Waals surface area contributed by atoms with E-state index in [9.17, 15) is 9.18 Å². The van der Waals surface area contributed by atoms with Crippen LogP contribution in [0.1, 0.15) is 12.6 Å². The third-order valence-corrected chi connectivity index (χ3v) is 3.01. The molecule has 21 heavy (non-hydrogen) atoms. The molecule has 0 spiro atoms. The summed E-state index contributed by atoms with van der Waals surface area (Å²) in [6.07, 6.45) is 2.47. The monoisotopic (exact) mass is 291 g/mol. The van der Waals surface area contributed by atoms with Crippen LogP contribution in [0.5, 0.6) is 0 Å². The summed E-state index contributed by atoms with van der Waals surface area (Å²) in [6, 6.07) is 6.04. The molecule has 0 bridgehead atoms. The minimum atomic E-state index is -0.392. The largest absolute Gasteiger partial charge is 0.324 e. The molecule has 7 heteroatoms. The van der Waals surface area contributed by atoms with Gasteiger partial charge in [0.2, 0.25) is 5.91 Å². The third kappa shape index (κ3) is 4.64. The summed E-state index contributed by atoms with van der Waals surface area (Å²) in [6.45, 7) is 2.08. The second-order valence-corrected chi connectivity index (χ2v) is 4.86. The van der Waals surface area contributed by atoms with Gasteiger partial charge in [0.05, 0.1) is 5.69 Å². The molecule has 0 aliphatic rings. The smallest absolute Gasteiger partial charge is 0.246 e. The molecule has 1 unspecified atom stereocenters. The van der Waals surface area contributed by atoms with Crippen LogP contribution in [0.3, 0.4) is 0 Å². The molecular weight excluding hydrogens is 273 g/mol. The number of benzene rings is 1. The molecule has 0 fully saturated rings. The van der Waals surface area contributed by atoms with Crippen molar-refractivity contribution in [2.24, 2.45) is 0 Å². The number of nitrogens with zero attached hydrogens (tertiary/aromatic N) is 3. The Morgan fingerprint density at radius 3 is 3.00 bits per heavy atom. The van der Waals surface area contributed by atoms with Gasteiger partial charge in [-0.25, -0.2) is 9.07 Å². The normalized spacial score (nSPS) is 12.1. The zero-order valence-corrected chi connectivity index (χ0v) is 12.0. The molecule has 1 atom stereocenters. The molecule has 0 radical (unpaired) electrons. The van der Waals surface area contributed by atoms with Gasteiger partial charge in [-0.15, -0.1) is 5.10 Å². The molecule has 1 aromatic carbocycles. The Morgan fingerprint density at radius 2 is 2.29 bits per heavy atom. The Bertz CT molecular complexity index is 613. The molecule has 1 heterocycles. The molecule has 0 saturated carbocycles. The van der Waals surface area contributed by atoms with Gasteiger partial charge in [0.1, 0.15) is 12.4 Å². The van der Waals surface area contributed by atoms with Crippen LogP contribution < -0.4 is 10.6 Å². The van der Waals surface area contributed by atoms with Crippen LogP contribution in [0.25, 0.3) is 0 Å². The summed E-state index contributed by atoms with van der Waals surface area (Å²) < 4.78 is 14.5. The van der Waals surface area contributed by atoms with Crippen LogP contribution in [0.4, 0.5) is 10.1 Å². The van der Waals surface area contributed by atoms with Crippen LogP contribution in [0.2, 0.25) is 0 Å². The number of carbonyl (C=O) groups is 1. The average molecular weight is 291 g/mol. The Labute approximate surface area is 122 Å². The molecule has 6 nitrogen and oxygen atoms in total. The fourth-order valence-corrected chi connectivity index (χ4v) is 1.84. The third-order valence-electron chi connectivity index (χ3n) is 3.01. The van der Waals surface area contributed by atoms with E-state index in [0.29, 0.717) is 5.69 Å². The van der Waals surface area contributed by atoms with Gasteiger partial charge in [0.25, 0.3) is 0 Å². The van der Waals surface area contributed by atoms with E-state index in [4.69, 9.17) is 0 Å². The van der Waals surface area contributed by atoms with Gasteiger partial charge in [-0.2, -0.15) is 0 Å². The quantitative estimate of drug-likeness (QED) is 0.839. The first kappa shape index (κ1) is 15.1. The second-order valence-electron chi connectivity index (χ2n) is 4.86. The highest BCUT2D eigenvalue weighted by Gasteiger charge is 2.09. The molecule has 2 N–H and O–H groups in total.